The van der Waals surface area contributed by atoms with Crippen molar-refractivity contribution >= 4 is 34.4 Å². The van der Waals surface area contributed by atoms with E-state index in [2.05, 4.69) is 11.9 Å². The topological polar surface area (TPSA) is 53.5 Å². The van der Waals surface area contributed by atoms with Gasteiger partial charge in [-0.05, 0) is 66.6 Å². The number of aryl methyl sites for hydroxylation is 1. The lowest BCUT2D eigenvalue weighted by molar-refractivity contribution is -0.120. The van der Waals surface area contributed by atoms with Gasteiger partial charge in [-0.25, -0.2) is 4.90 Å². The maximum absolute atomic E-state index is 13.6. The first-order valence-corrected chi connectivity index (χ1v) is 11.4. The molecule has 1 aliphatic rings. The fraction of sp³-hybridized carbons (Fsp3) is 0.240. The molecule has 31 heavy (non-hydrogen) atoms. The molecule has 4 rings (SSSR count). The zero-order chi connectivity index (χ0) is 21.8. The van der Waals surface area contributed by atoms with Crippen molar-refractivity contribution < 1.29 is 9.59 Å². The third-order valence-electron chi connectivity index (χ3n) is 5.55. The first-order valence-electron chi connectivity index (χ1n) is 10.5. The number of likely N-dealkylation sites (N-methyl/N-ethyl adjacent to an activating group) is 1. The van der Waals surface area contributed by atoms with E-state index in [0.29, 0.717) is 30.0 Å². The fourth-order valence-corrected chi connectivity index (χ4v) is 4.57. The molecule has 0 fully saturated rings. The third-order valence-corrected chi connectivity index (χ3v) is 6.43. The molecule has 6 heteroatoms. The number of carbonyl (C=O) groups excluding carboxylic acids is 2. The smallest absolute Gasteiger partial charge is 0.282 e. The van der Waals surface area contributed by atoms with Gasteiger partial charge >= 0.3 is 0 Å². The molecule has 158 valence electrons. The molecule has 5 nitrogen and oxygen atoms in total. The SMILES string of the molecule is CCc1ccc(N2C(=O)C(c3cccs3)=C(N(CC)CCc3ccncc3)C2=O)cc1. The molecule has 0 bridgehead atoms. The number of aromatic nitrogens is 1. The average molecular weight is 432 g/mol. The summed E-state index contributed by atoms with van der Waals surface area (Å²) in [5.41, 5.74) is 3.92. The molecule has 1 aromatic carbocycles. The summed E-state index contributed by atoms with van der Waals surface area (Å²) < 4.78 is 0. The highest BCUT2D eigenvalue weighted by Gasteiger charge is 2.42. The van der Waals surface area contributed by atoms with Crippen molar-refractivity contribution in [2.24, 2.45) is 0 Å². The number of imide groups is 1. The number of amides is 2. The summed E-state index contributed by atoms with van der Waals surface area (Å²) in [6.45, 7) is 5.38. The predicted octanol–water partition coefficient (Wildman–Crippen LogP) is 4.55. The van der Waals surface area contributed by atoms with E-state index in [1.165, 1.54) is 21.8 Å². The summed E-state index contributed by atoms with van der Waals surface area (Å²) in [6.07, 6.45) is 5.22. The second-order valence-electron chi connectivity index (χ2n) is 7.35. The van der Waals surface area contributed by atoms with Gasteiger partial charge in [0.05, 0.1) is 11.3 Å². The summed E-state index contributed by atoms with van der Waals surface area (Å²) in [4.78, 5) is 35.3. The fourth-order valence-electron chi connectivity index (χ4n) is 3.81. The Balaban J connectivity index is 1.70. The number of thiophene rings is 1. The molecule has 0 N–H and O–H groups in total. The number of anilines is 1. The molecule has 3 heterocycles. The van der Waals surface area contributed by atoms with Crippen LogP contribution in [-0.2, 0) is 22.4 Å². The van der Waals surface area contributed by atoms with Crippen LogP contribution >= 0.6 is 11.3 Å². The second kappa shape index (κ2) is 9.27. The van der Waals surface area contributed by atoms with E-state index in [1.807, 2.05) is 65.7 Å². The van der Waals surface area contributed by atoms with Crippen LogP contribution in [0.5, 0.6) is 0 Å². The highest BCUT2D eigenvalue weighted by Crippen LogP contribution is 2.36. The van der Waals surface area contributed by atoms with E-state index in [9.17, 15) is 9.59 Å². The third kappa shape index (κ3) is 4.16. The van der Waals surface area contributed by atoms with Crippen LogP contribution in [0.25, 0.3) is 5.57 Å². The van der Waals surface area contributed by atoms with Gasteiger partial charge in [-0.3, -0.25) is 14.6 Å². The molecule has 0 atom stereocenters. The molecule has 0 aliphatic carbocycles. The molecule has 3 aromatic rings. The van der Waals surface area contributed by atoms with Crippen LogP contribution in [0.2, 0.25) is 0 Å². The molecule has 1 aliphatic heterocycles. The largest absolute Gasteiger partial charge is 0.366 e. The van der Waals surface area contributed by atoms with Gasteiger partial charge in [-0.2, -0.15) is 0 Å². The number of benzene rings is 1. The summed E-state index contributed by atoms with van der Waals surface area (Å²) >= 11 is 1.48. The molecule has 0 radical (unpaired) electrons. The highest BCUT2D eigenvalue weighted by atomic mass is 32.1. The van der Waals surface area contributed by atoms with Crippen LogP contribution in [0.1, 0.15) is 29.9 Å². The van der Waals surface area contributed by atoms with E-state index < -0.39 is 0 Å². The van der Waals surface area contributed by atoms with E-state index >= 15 is 0 Å². The molecular weight excluding hydrogens is 406 g/mol. The Morgan fingerprint density at radius 1 is 0.935 bits per heavy atom. The molecule has 0 unspecified atom stereocenters. The highest BCUT2D eigenvalue weighted by molar-refractivity contribution is 7.11. The number of hydrogen-bond donors (Lipinski definition) is 0. The van der Waals surface area contributed by atoms with Crippen molar-refractivity contribution in [3.63, 3.8) is 0 Å². The van der Waals surface area contributed by atoms with E-state index in [1.54, 1.807) is 12.4 Å². The molecular formula is C25H25N3O2S. The number of rotatable bonds is 8. The lowest BCUT2D eigenvalue weighted by Gasteiger charge is -2.24. The van der Waals surface area contributed by atoms with Gasteiger partial charge in [0.1, 0.15) is 5.70 Å². The minimum atomic E-state index is -0.256. The van der Waals surface area contributed by atoms with Crippen molar-refractivity contribution in [3.05, 3.63) is 88.0 Å². The van der Waals surface area contributed by atoms with Crippen LogP contribution in [-0.4, -0.2) is 34.8 Å². The normalized spacial score (nSPS) is 13.9. The summed E-state index contributed by atoms with van der Waals surface area (Å²) in [5.74, 6) is -0.511. The number of carbonyl (C=O) groups is 2. The minimum absolute atomic E-state index is 0.255. The lowest BCUT2D eigenvalue weighted by atomic mass is 10.1. The van der Waals surface area contributed by atoms with Gasteiger partial charge in [0.2, 0.25) is 0 Å². The number of hydrogen-bond acceptors (Lipinski definition) is 5. The standard InChI is InChI=1S/C25H25N3O2S/c1-3-18-7-9-20(10-8-18)28-24(29)22(21-6-5-17-31-21)23(25(28)30)27(4-2)16-13-19-11-14-26-15-12-19/h5-12,14-15,17H,3-4,13,16H2,1-2H3. The Bertz CT molecular complexity index is 1090. The molecule has 2 aromatic heterocycles. The van der Waals surface area contributed by atoms with Gasteiger partial charge in [0.15, 0.2) is 0 Å². The van der Waals surface area contributed by atoms with Crippen molar-refractivity contribution in [2.45, 2.75) is 26.7 Å². The zero-order valence-corrected chi connectivity index (χ0v) is 18.6. The second-order valence-corrected chi connectivity index (χ2v) is 8.30. The van der Waals surface area contributed by atoms with Gasteiger partial charge in [-0.15, -0.1) is 11.3 Å². The van der Waals surface area contributed by atoms with E-state index in [-0.39, 0.29) is 11.8 Å². The maximum Gasteiger partial charge on any atom is 0.282 e. The van der Waals surface area contributed by atoms with Gasteiger partial charge in [0.25, 0.3) is 11.8 Å². The van der Waals surface area contributed by atoms with Crippen molar-refractivity contribution in [2.75, 3.05) is 18.0 Å². The lowest BCUT2D eigenvalue weighted by Crippen LogP contribution is -2.36. The predicted molar refractivity (Wildman–Crippen MR) is 125 cm³/mol. The van der Waals surface area contributed by atoms with Crippen LogP contribution in [0.15, 0.2) is 72.0 Å². The summed E-state index contributed by atoms with van der Waals surface area (Å²) in [6, 6.07) is 15.4. The van der Waals surface area contributed by atoms with E-state index in [0.717, 1.165) is 23.3 Å². The number of pyridine rings is 1. The van der Waals surface area contributed by atoms with Crippen LogP contribution in [0, 0.1) is 0 Å². The van der Waals surface area contributed by atoms with Gasteiger partial charge in [-0.1, -0.05) is 25.1 Å². The van der Waals surface area contributed by atoms with Crippen LogP contribution < -0.4 is 4.90 Å². The summed E-state index contributed by atoms with van der Waals surface area (Å²) in [5, 5.41) is 1.93. The van der Waals surface area contributed by atoms with Gasteiger partial charge < -0.3 is 4.90 Å². The Hall–Kier alpha value is -3.25. The monoisotopic (exact) mass is 431 g/mol. The van der Waals surface area contributed by atoms with Crippen molar-refractivity contribution in [1.29, 1.82) is 0 Å². The van der Waals surface area contributed by atoms with Crippen molar-refractivity contribution in [1.82, 2.24) is 9.88 Å². The zero-order valence-electron chi connectivity index (χ0n) is 17.7. The number of nitrogens with zero attached hydrogens (tertiary/aromatic N) is 3. The average Bonchev–Trinajstić information content (AvgIpc) is 3.42. The molecule has 0 saturated heterocycles. The first-order chi connectivity index (χ1) is 15.1. The summed E-state index contributed by atoms with van der Waals surface area (Å²) in [7, 11) is 0. The van der Waals surface area contributed by atoms with E-state index in [4.69, 9.17) is 0 Å². The molecule has 2 amide bonds. The molecule has 0 saturated carbocycles. The Morgan fingerprint density at radius 3 is 2.29 bits per heavy atom. The maximum atomic E-state index is 13.6. The van der Waals surface area contributed by atoms with Crippen molar-refractivity contribution in [3.8, 4) is 0 Å². The Morgan fingerprint density at radius 2 is 1.68 bits per heavy atom. The van der Waals surface area contributed by atoms with Gasteiger partial charge in [0, 0.05) is 30.4 Å². The minimum Gasteiger partial charge on any atom is -0.366 e. The molecule has 0 spiro atoms. The Kier molecular flexibility index (Phi) is 6.28. The first kappa shape index (κ1) is 21.0. The Labute approximate surface area is 186 Å². The van der Waals surface area contributed by atoms with Crippen LogP contribution in [0.4, 0.5) is 5.69 Å². The quantitative estimate of drug-likeness (QED) is 0.491. The van der Waals surface area contributed by atoms with Crippen LogP contribution in [0.3, 0.4) is 0 Å².